The molecule has 3 rings (SSSR count). The number of hydrogen-bond acceptors (Lipinski definition) is 4. The molecule has 0 saturated heterocycles. The van der Waals surface area contributed by atoms with Crippen LogP contribution >= 0.6 is 11.3 Å². The number of nitrogens with two attached hydrogens (primary N) is 1. The number of thiazole rings is 1. The topological polar surface area (TPSA) is 68.0 Å². The molecule has 0 fully saturated rings. The van der Waals surface area contributed by atoms with Gasteiger partial charge in [-0.2, -0.15) is 0 Å². The van der Waals surface area contributed by atoms with Crippen LogP contribution in [-0.4, -0.2) is 10.9 Å². The summed E-state index contributed by atoms with van der Waals surface area (Å²) in [6, 6.07) is 8.34. The molecule has 4 nitrogen and oxygen atoms in total. The van der Waals surface area contributed by atoms with Crippen LogP contribution in [0.5, 0.6) is 0 Å². The van der Waals surface area contributed by atoms with Crippen LogP contribution in [0.1, 0.15) is 71.3 Å². The normalized spacial score (nSPS) is 17.7. The van der Waals surface area contributed by atoms with E-state index in [-0.39, 0.29) is 18.0 Å². The summed E-state index contributed by atoms with van der Waals surface area (Å²) < 4.78 is 0. The minimum absolute atomic E-state index is 0.0614. The van der Waals surface area contributed by atoms with Gasteiger partial charge in [0.25, 0.3) is 5.91 Å². The molecule has 0 spiro atoms. The van der Waals surface area contributed by atoms with Crippen molar-refractivity contribution in [2.24, 2.45) is 5.73 Å². The van der Waals surface area contributed by atoms with E-state index in [1.165, 1.54) is 22.5 Å². The number of carbonyl (C=O) groups is 1. The Labute approximate surface area is 141 Å². The maximum atomic E-state index is 12.5. The Balaban J connectivity index is 1.64. The lowest BCUT2D eigenvalue weighted by Crippen LogP contribution is -2.27. The fourth-order valence-corrected chi connectivity index (χ4v) is 3.88. The number of nitrogens with zero attached hydrogens (tertiary/aromatic N) is 1. The van der Waals surface area contributed by atoms with Crippen LogP contribution in [0.4, 0.5) is 0 Å². The van der Waals surface area contributed by atoms with Crippen molar-refractivity contribution >= 4 is 17.2 Å². The van der Waals surface area contributed by atoms with Gasteiger partial charge in [0.1, 0.15) is 10.7 Å². The van der Waals surface area contributed by atoms with E-state index >= 15 is 0 Å². The first-order valence-corrected chi connectivity index (χ1v) is 9.16. The highest BCUT2D eigenvalue weighted by atomic mass is 32.1. The lowest BCUT2D eigenvalue weighted by Gasteiger charge is -2.13. The third-order valence-corrected chi connectivity index (χ3v) is 5.36. The fourth-order valence-electron chi connectivity index (χ4n) is 3.05. The minimum Gasteiger partial charge on any atom is -0.344 e. The first kappa shape index (κ1) is 16.1. The molecule has 2 atom stereocenters. The summed E-state index contributed by atoms with van der Waals surface area (Å²) in [6.45, 7) is 2.15. The fraction of sp³-hybridized carbons (Fsp3) is 0.444. The number of rotatable bonds is 6. The summed E-state index contributed by atoms with van der Waals surface area (Å²) in [5, 5.41) is 5.78. The molecule has 1 aromatic carbocycles. The largest absolute Gasteiger partial charge is 0.344 e. The number of aromatic nitrogens is 1. The van der Waals surface area contributed by atoms with Crippen molar-refractivity contribution < 1.29 is 4.79 Å². The van der Waals surface area contributed by atoms with Crippen molar-refractivity contribution in [2.45, 2.75) is 51.1 Å². The van der Waals surface area contributed by atoms with Crippen LogP contribution in [0.2, 0.25) is 0 Å². The van der Waals surface area contributed by atoms with Gasteiger partial charge in [0.15, 0.2) is 0 Å². The van der Waals surface area contributed by atoms with Gasteiger partial charge in [0.05, 0.1) is 12.1 Å². The Morgan fingerprint density at radius 1 is 1.48 bits per heavy atom. The van der Waals surface area contributed by atoms with Crippen molar-refractivity contribution in [1.82, 2.24) is 10.3 Å². The van der Waals surface area contributed by atoms with Gasteiger partial charge in [-0.05, 0) is 30.4 Å². The summed E-state index contributed by atoms with van der Waals surface area (Å²) in [4.78, 5) is 16.9. The van der Waals surface area contributed by atoms with Crippen LogP contribution in [0.15, 0.2) is 29.6 Å². The van der Waals surface area contributed by atoms with Crippen LogP contribution < -0.4 is 11.1 Å². The highest BCUT2D eigenvalue weighted by molar-refractivity contribution is 7.09. The molecule has 0 saturated carbocycles. The third-order valence-electron chi connectivity index (χ3n) is 4.38. The molecule has 5 heteroatoms. The molecule has 122 valence electrons. The van der Waals surface area contributed by atoms with Gasteiger partial charge in [-0.15, -0.1) is 11.3 Å². The SMILES string of the molecule is CCCCC(N)c1nc(C(=O)NC2CCc3ccccc32)cs1. The molecule has 1 aromatic heterocycles. The monoisotopic (exact) mass is 329 g/mol. The zero-order valence-corrected chi connectivity index (χ0v) is 14.2. The Kier molecular flexibility index (Phi) is 5.08. The van der Waals surface area contributed by atoms with Crippen LogP contribution in [0, 0.1) is 0 Å². The summed E-state index contributed by atoms with van der Waals surface area (Å²) in [5.74, 6) is -0.100. The van der Waals surface area contributed by atoms with E-state index in [9.17, 15) is 4.79 Å². The van der Waals surface area contributed by atoms with Gasteiger partial charge < -0.3 is 11.1 Å². The van der Waals surface area contributed by atoms with Gasteiger partial charge >= 0.3 is 0 Å². The van der Waals surface area contributed by atoms with Crippen molar-refractivity contribution in [2.75, 3.05) is 0 Å². The maximum absolute atomic E-state index is 12.5. The first-order chi connectivity index (χ1) is 11.2. The van der Waals surface area contributed by atoms with Gasteiger partial charge in [-0.3, -0.25) is 4.79 Å². The van der Waals surface area contributed by atoms with E-state index in [2.05, 4.69) is 29.4 Å². The van der Waals surface area contributed by atoms with E-state index < -0.39 is 0 Å². The predicted molar refractivity (Wildman–Crippen MR) is 93.5 cm³/mol. The van der Waals surface area contributed by atoms with Gasteiger partial charge in [0, 0.05) is 5.38 Å². The lowest BCUT2D eigenvalue weighted by molar-refractivity contribution is 0.0932. The molecule has 2 aromatic rings. The van der Waals surface area contributed by atoms with E-state index in [1.54, 1.807) is 0 Å². The second-order valence-corrected chi connectivity index (χ2v) is 6.97. The zero-order chi connectivity index (χ0) is 16.2. The third kappa shape index (κ3) is 3.62. The number of aryl methyl sites for hydroxylation is 1. The molecule has 1 amide bonds. The highest BCUT2D eigenvalue weighted by Crippen LogP contribution is 2.31. The Bertz CT molecular complexity index is 682. The minimum atomic E-state index is -0.100. The summed E-state index contributed by atoms with van der Waals surface area (Å²) >= 11 is 1.48. The number of unbranched alkanes of at least 4 members (excludes halogenated alkanes) is 1. The molecule has 2 unspecified atom stereocenters. The molecule has 3 N–H and O–H groups in total. The van der Waals surface area contributed by atoms with Gasteiger partial charge in [0.2, 0.25) is 0 Å². The summed E-state index contributed by atoms with van der Waals surface area (Å²) in [6.07, 6.45) is 5.10. The van der Waals surface area contributed by atoms with Crippen molar-refractivity contribution in [1.29, 1.82) is 0 Å². The second-order valence-electron chi connectivity index (χ2n) is 6.08. The molecular weight excluding hydrogens is 306 g/mol. The smallest absolute Gasteiger partial charge is 0.271 e. The number of amides is 1. The lowest BCUT2D eigenvalue weighted by atomic mass is 10.1. The molecule has 1 heterocycles. The van der Waals surface area contributed by atoms with Crippen LogP contribution in [0.3, 0.4) is 0 Å². The quantitative estimate of drug-likeness (QED) is 0.848. The molecule has 23 heavy (non-hydrogen) atoms. The zero-order valence-electron chi connectivity index (χ0n) is 13.4. The van der Waals surface area contributed by atoms with Crippen molar-refractivity contribution in [3.05, 3.63) is 51.5 Å². The standard InChI is InChI=1S/C18H23N3OS/c1-2-3-8-14(19)18-21-16(11-23-18)17(22)20-15-10-9-12-6-4-5-7-13(12)15/h4-7,11,14-15H,2-3,8-10,19H2,1H3,(H,20,22). The highest BCUT2D eigenvalue weighted by Gasteiger charge is 2.25. The average molecular weight is 329 g/mol. The van der Waals surface area contributed by atoms with E-state index in [4.69, 9.17) is 5.73 Å². The predicted octanol–water partition coefficient (Wildman–Crippen LogP) is 3.75. The molecule has 0 radical (unpaired) electrons. The molecule has 0 bridgehead atoms. The summed E-state index contributed by atoms with van der Waals surface area (Å²) in [7, 11) is 0. The van der Waals surface area contributed by atoms with Gasteiger partial charge in [-0.1, -0.05) is 44.0 Å². The van der Waals surface area contributed by atoms with Crippen LogP contribution in [0.25, 0.3) is 0 Å². The number of fused-ring (bicyclic) bond motifs is 1. The average Bonchev–Trinajstić information content (AvgIpc) is 3.20. The Hall–Kier alpha value is -1.72. The molecule has 1 aliphatic rings. The maximum Gasteiger partial charge on any atom is 0.271 e. The number of carbonyl (C=O) groups excluding carboxylic acids is 1. The first-order valence-electron chi connectivity index (χ1n) is 8.28. The van der Waals surface area contributed by atoms with E-state index in [0.29, 0.717) is 5.69 Å². The van der Waals surface area contributed by atoms with Crippen molar-refractivity contribution in [3.8, 4) is 0 Å². The van der Waals surface area contributed by atoms with E-state index in [0.717, 1.165) is 37.1 Å². The molecule has 1 aliphatic carbocycles. The number of nitrogens with one attached hydrogen (secondary N) is 1. The molecule has 0 aliphatic heterocycles. The number of hydrogen-bond donors (Lipinski definition) is 2. The second kappa shape index (κ2) is 7.23. The van der Waals surface area contributed by atoms with E-state index in [1.807, 2.05) is 17.5 Å². The number of benzene rings is 1. The Morgan fingerprint density at radius 2 is 2.30 bits per heavy atom. The van der Waals surface area contributed by atoms with Gasteiger partial charge in [-0.25, -0.2) is 4.98 Å². The summed E-state index contributed by atoms with van der Waals surface area (Å²) in [5.41, 5.74) is 9.19. The van der Waals surface area contributed by atoms with Crippen molar-refractivity contribution in [3.63, 3.8) is 0 Å². The Morgan fingerprint density at radius 3 is 3.13 bits per heavy atom. The molecular formula is C18H23N3OS. The van der Waals surface area contributed by atoms with Crippen LogP contribution in [-0.2, 0) is 6.42 Å².